The minimum Gasteiger partial charge on any atom is -0.378 e. The molecule has 6 heteroatoms. The molecule has 2 aromatic heterocycles. The number of aryl methyl sites for hydroxylation is 1. The van der Waals surface area contributed by atoms with E-state index in [1.165, 1.54) is 0 Å². The number of rotatable bonds is 3. The van der Waals surface area contributed by atoms with Gasteiger partial charge in [0.05, 0.1) is 13.2 Å². The molecule has 128 valence electrons. The lowest BCUT2D eigenvalue weighted by Gasteiger charge is -2.26. The van der Waals surface area contributed by atoms with Crippen molar-refractivity contribution in [2.45, 2.75) is 13.8 Å². The lowest BCUT2D eigenvalue weighted by Crippen LogP contribution is -2.41. The van der Waals surface area contributed by atoms with Crippen molar-refractivity contribution in [1.29, 1.82) is 5.26 Å². The van der Waals surface area contributed by atoms with Crippen LogP contribution < -0.4 is 0 Å². The summed E-state index contributed by atoms with van der Waals surface area (Å²) in [6.45, 7) is 6.00. The Kier molecular flexibility index (Phi) is 4.96. The van der Waals surface area contributed by atoms with Crippen LogP contribution in [0.25, 0.3) is 11.9 Å². The van der Waals surface area contributed by atoms with E-state index >= 15 is 0 Å². The van der Waals surface area contributed by atoms with Gasteiger partial charge in [0.1, 0.15) is 17.5 Å². The lowest BCUT2D eigenvalue weighted by atomic mass is 10.1. The van der Waals surface area contributed by atoms with E-state index in [2.05, 4.69) is 4.98 Å². The first kappa shape index (κ1) is 16.9. The zero-order valence-electron chi connectivity index (χ0n) is 14.4. The second-order valence-electron chi connectivity index (χ2n) is 5.92. The van der Waals surface area contributed by atoms with Gasteiger partial charge in [0.25, 0.3) is 5.91 Å². The first-order chi connectivity index (χ1) is 12.1. The van der Waals surface area contributed by atoms with Crippen LogP contribution in [-0.4, -0.2) is 46.7 Å². The number of carbonyl (C=O) groups excluding carboxylic acids is 1. The molecular formula is C19H20N4O2. The van der Waals surface area contributed by atoms with Gasteiger partial charge in [-0.1, -0.05) is 6.07 Å². The van der Waals surface area contributed by atoms with Crippen LogP contribution in [0.5, 0.6) is 0 Å². The standard InChI is InChI=1S/C19H20N4O2/c1-14-11-16(15(2)23(14)18-5-3-4-6-21-18)12-17(13-20)19(24)22-7-9-25-10-8-22/h3-6,11-12H,7-10H2,1-2H3/b17-12-. The average molecular weight is 336 g/mol. The SMILES string of the molecule is Cc1cc(/C=C(/C#N)C(=O)N2CCOCC2)c(C)n1-c1ccccn1. The first-order valence-electron chi connectivity index (χ1n) is 8.21. The summed E-state index contributed by atoms with van der Waals surface area (Å²) < 4.78 is 7.28. The third-order valence-corrected chi connectivity index (χ3v) is 4.30. The van der Waals surface area contributed by atoms with Crippen molar-refractivity contribution in [1.82, 2.24) is 14.5 Å². The van der Waals surface area contributed by atoms with Crippen molar-refractivity contribution >= 4 is 12.0 Å². The summed E-state index contributed by atoms with van der Waals surface area (Å²) in [5.74, 6) is 0.573. The zero-order valence-corrected chi connectivity index (χ0v) is 14.4. The van der Waals surface area contributed by atoms with Crippen LogP contribution in [0.4, 0.5) is 0 Å². The average Bonchev–Trinajstić information content (AvgIpc) is 2.94. The van der Waals surface area contributed by atoms with Gasteiger partial charge in [0, 0.05) is 30.7 Å². The van der Waals surface area contributed by atoms with Crippen LogP contribution in [0.1, 0.15) is 17.0 Å². The molecule has 0 unspecified atom stereocenters. The number of carbonyl (C=O) groups is 1. The van der Waals surface area contributed by atoms with Crippen molar-refractivity contribution in [2.24, 2.45) is 0 Å². The number of hydrogen-bond donors (Lipinski definition) is 0. The third-order valence-electron chi connectivity index (χ3n) is 4.30. The highest BCUT2D eigenvalue weighted by atomic mass is 16.5. The van der Waals surface area contributed by atoms with Crippen LogP contribution in [0.2, 0.25) is 0 Å². The Hall–Kier alpha value is -2.91. The smallest absolute Gasteiger partial charge is 0.264 e. The van der Waals surface area contributed by atoms with Crippen LogP contribution in [0.3, 0.4) is 0 Å². The van der Waals surface area contributed by atoms with E-state index in [-0.39, 0.29) is 11.5 Å². The van der Waals surface area contributed by atoms with E-state index in [1.54, 1.807) is 17.2 Å². The predicted molar refractivity (Wildman–Crippen MR) is 94.0 cm³/mol. The molecule has 1 aliphatic rings. The molecule has 0 aromatic carbocycles. The normalized spacial score (nSPS) is 15.1. The Morgan fingerprint density at radius 1 is 1.32 bits per heavy atom. The van der Waals surface area contributed by atoms with Crippen molar-refractivity contribution in [2.75, 3.05) is 26.3 Å². The summed E-state index contributed by atoms with van der Waals surface area (Å²) in [7, 11) is 0. The van der Waals surface area contributed by atoms with Crippen molar-refractivity contribution < 1.29 is 9.53 Å². The Morgan fingerprint density at radius 3 is 2.72 bits per heavy atom. The van der Waals surface area contributed by atoms with Gasteiger partial charge < -0.3 is 14.2 Å². The quantitative estimate of drug-likeness (QED) is 0.637. The van der Waals surface area contributed by atoms with E-state index in [1.807, 2.05) is 48.7 Å². The van der Waals surface area contributed by atoms with E-state index in [9.17, 15) is 10.1 Å². The lowest BCUT2D eigenvalue weighted by molar-refractivity contribution is -0.130. The number of amides is 1. The number of aromatic nitrogens is 2. The topological polar surface area (TPSA) is 71.2 Å². The Labute approximate surface area is 147 Å². The molecule has 0 spiro atoms. The molecule has 1 saturated heterocycles. The van der Waals surface area contributed by atoms with Gasteiger partial charge in [0.15, 0.2) is 0 Å². The first-order valence-corrected chi connectivity index (χ1v) is 8.21. The second kappa shape index (κ2) is 7.32. The van der Waals surface area contributed by atoms with Crippen molar-refractivity contribution in [3.8, 4) is 11.9 Å². The predicted octanol–water partition coefficient (Wildman–Crippen LogP) is 2.25. The van der Waals surface area contributed by atoms with Gasteiger partial charge in [-0.3, -0.25) is 4.79 Å². The summed E-state index contributed by atoms with van der Waals surface area (Å²) in [5, 5.41) is 9.46. The van der Waals surface area contributed by atoms with Gasteiger partial charge in [0.2, 0.25) is 0 Å². The van der Waals surface area contributed by atoms with Crippen LogP contribution in [-0.2, 0) is 9.53 Å². The fourth-order valence-corrected chi connectivity index (χ4v) is 3.01. The van der Waals surface area contributed by atoms with E-state index < -0.39 is 0 Å². The molecule has 25 heavy (non-hydrogen) atoms. The highest BCUT2D eigenvalue weighted by Gasteiger charge is 2.21. The highest BCUT2D eigenvalue weighted by molar-refractivity contribution is 6.01. The maximum Gasteiger partial charge on any atom is 0.264 e. The largest absolute Gasteiger partial charge is 0.378 e. The summed E-state index contributed by atoms with van der Waals surface area (Å²) in [5.41, 5.74) is 2.93. The molecule has 0 bridgehead atoms. The van der Waals surface area contributed by atoms with Crippen LogP contribution in [0, 0.1) is 25.2 Å². The molecule has 0 saturated carbocycles. The number of ether oxygens (including phenoxy) is 1. The fraction of sp³-hybridized carbons (Fsp3) is 0.316. The number of pyridine rings is 1. The summed E-state index contributed by atoms with van der Waals surface area (Å²) in [6.07, 6.45) is 3.41. The van der Waals surface area contributed by atoms with Gasteiger partial charge in [-0.15, -0.1) is 0 Å². The van der Waals surface area contributed by atoms with Crippen molar-refractivity contribution in [3.05, 3.63) is 53.0 Å². The van der Waals surface area contributed by atoms with Crippen LogP contribution >= 0.6 is 0 Å². The second-order valence-corrected chi connectivity index (χ2v) is 5.92. The number of nitriles is 1. The van der Waals surface area contributed by atoms with E-state index in [0.29, 0.717) is 26.3 Å². The number of hydrogen-bond acceptors (Lipinski definition) is 4. The fourth-order valence-electron chi connectivity index (χ4n) is 3.01. The minimum atomic E-state index is -0.242. The maximum atomic E-state index is 12.6. The molecule has 6 nitrogen and oxygen atoms in total. The summed E-state index contributed by atoms with van der Waals surface area (Å²) >= 11 is 0. The van der Waals surface area contributed by atoms with Gasteiger partial charge in [-0.2, -0.15) is 5.26 Å². The minimum absolute atomic E-state index is 0.142. The Balaban J connectivity index is 1.94. The molecule has 0 aliphatic carbocycles. The van der Waals surface area contributed by atoms with Gasteiger partial charge >= 0.3 is 0 Å². The summed E-state index contributed by atoms with van der Waals surface area (Å²) in [4.78, 5) is 18.6. The molecule has 0 atom stereocenters. The molecule has 3 rings (SSSR count). The molecular weight excluding hydrogens is 316 g/mol. The van der Waals surface area contributed by atoms with Crippen molar-refractivity contribution in [3.63, 3.8) is 0 Å². The Bertz CT molecular complexity index is 840. The monoisotopic (exact) mass is 336 g/mol. The molecule has 0 N–H and O–H groups in total. The number of nitrogens with zero attached hydrogens (tertiary/aromatic N) is 4. The molecule has 0 radical (unpaired) electrons. The van der Waals surface area contributed by atoms with E-state index in [4.69, 9.17) is 4.74 Å². The number of morpholine rings is 1. The maximum absolute atomic E-state index is 12.6. The van der Waals surface area contributed by atoms with E-state index in [0.717, 1.165) is 22.8 Å². The van der Waals surface area contributed by atoms with Gasteiger partial charge in [-0.25, -0.2) is 4.98 Å². The Morgan fingerprint density at radius 2 is 2.08 bits per heavy atom. The summed E-state index contributed by atoms with van der Waals surface area (Å²) in [6, 6.07) is 9.74. The highest BCUT2D eigenvalue weighted by Crippen LogP contribution is 2.22. The zero-order chi connectivity index (χ0) is 17.8. The third kappa shape index (κ3) is 3.47. The van der Waals surface area contributed by atoms with Crippen LogP contribution in [0.15, 0.2) is 36.0 Å². The molecule has 2 aromatic rings. The molecule has 1 aliphatic heterocycles. The molecule has 3 heterocycles. The molecule has 1 fully saturated rings. The molecule has 1 amide bonds. The van der Waals surface area contributed by atoms with Gasteiger partial charge in [-0.05, 0) is 43.7 Å².